The van der Waals surface area contributed by atoms with Crippen molar-refractivity contribution in [2.24, 2.45) is 5.92 Å². The van der Waals surface area contributed by atoms with Gasteiger partial charge in [-0.25, -0.2) is 8.78 Å². The van der Waals surface area contributed by atoms with Gasteiger partial charge in [-0.05, 0) is 37.9 Å². The first-order valence-electron chi connectivity index (χ1n) is 6.81. The van der Waals surface area contributed by atoms with Gasteiger partial charge in [0.15, 0.2) is 5.78 Å². The Kier molecular flexibility index (Phi) is 4.50. The van der Waals surface area contributed by atoms with E-state index in [-0.39, 0.29) is 17.3 Å². The number of nitrogens with zero attached hydrogens (tertiary/aromatic N) is 1. The van der Waals surface area contributed by atoms with E-state index >= 15 is 0 Å². The van der Waals surface area contributed by atoms with Gasteiger partial charge in [0.25, 0.3) is 0 Å². The molecular weight excluding hydrogens is 264 g/mol. The molecule has 1 fully saturated rings. The number of Topliss-reactive ketones (excluding diaryl/α,β-unsaturated/α-hetero) is 1. The van der Waals surface area contributed by atoms with Gasteiger partial charge in [0, 0.05) is 12.6 Å². The van der Waals surface area contributed by atoms with E-state index < -0.39 is 23.8 Å². The lowest BCUT2D eigenvalue weighted by atomic mass is 9.93. The number of carbonyl (C=O) groups excluding carboxylic acids is 1. The average Bonchev–Trinajstić information content (AvgIpc) is 2.40. The zero-order valence-electron chi connectivity index (χ0n) is 11.6. The lowest BCUT2D eigenvalue weighted by molar-refractivity contribution is 0.0145. The minimum absolute atomic E-state index is 0.105. The molecular formula is C15H19F2NO2. The summed E-state index contributed by atoms with van der Waals surface area (Å²) in [5.41, 5.74) is -0.105. The van der Waals surface area contributed by atoms with Crippen LogP contribution < -0.4 is 0 Å². The fourth-order valence-electron chi connectivity index (χ4n) is 2.51. The van der Waals surface area contributed by atoms with Crippen LogP contribution in [0.3, 0.4) is 0 Å². The molecule has 1 aromatic rings. The molecule has 20 heavy (non-hydrogen) atoms. The van der Waals surface area contributed by atoms with Crippen molar-refractivity contribution >= 4 is 5.78 Å². The van der Waals surface area contributed by atoms with Crippen LogP contribution in [0.5, 0.6) is 0 Å². The van der Waals surface area contributed by atoms with Crippen LogP contribution >= 0.6 is 0 Å². The number of benzene rings is 1. The van der Waals surface area contributed by atoms with Crippen molar-refractivity contribution in [2.45, 2.75) is 32.4 Å². The van der Waals surface area contributed by atoms with E-state index in [9.17, 15) is 18.7 Å². The Morgan fingerprint density at radius 3 is 2.75 bits per heavy atom. The highest BCUT2D eigenvalue weighted by molar-refractivity contribution is 6.00. The molecule has 0 amide bonds. The summed E-state index contributed by atoms with van der Waals surface area (Å²) in [5.74, 6) is -1.72. The van der Waals surface area contributed by atoms with Gasteiger partial charge in [-0.2, -0.15) is 0 Å². The largest absolute Gasteiger partial charge is 0.392 e. The fourth-order valence-corrected chi connectivity index (χ4v) is 2.51. The average molecular weight is 283 g/mol. The predicted molar refractivity (Wildman–Crippen MR) is 71.5 cm³/mol. The first-order chi connectivity index (χ1) is 9.40. The molecule has 1 heterocycles. The topological polar surface area (TPSA) is 40.5 Å². The fraction of sp³-hybridized carbons (Fsp3) is 0.533. The van der Waals surface area contributed by atoms with E-state index in [1.165, 1.54) is 6.07 Å². The molecule has 2 rings (SSSR count). The van der Waals surface area contributed by atoms with E-state index in [1.54, 1.807) is 6.92 Å². The molecule has 1 N–H and O–H groups in total. The number of halogens is 2. The number of carbonyl (C=O) groups is 1. The van der Waals surface area contributed by atoms with Crippen molar-refractivity contribution in [1.29, 1.82) is 0 Å². The van der Waals surface area contributed by atoms with E-state index in [1.807, 2.05) is 11.8 Å². The van der Waals surface area contributed by atoms with Crippen molar-refractivity contribution in [3.63, 3.8) is 0 Å². The first kappa shape index (κ1) is 15.1. The van der Waals surface area contributed by atoms with Gasteiger partial charge < -0.3 is 5.11 Å². The minimum Gasteiger partial charge on any atom is -0.392 e. The second-order valence-electron chi connectivity index (χ2n) is 5.49. The van der Waals surface area contributed by atoms with Gasteiger partial charge in [-0.15, -0.1) is 0 Å². The van der Waals surface area contributed by atoms with Crippen LogP contribution in [0.2, 0.25) is 0 Å². The van der Waals surface area contributed by atoms with Gasteiger partial charge in [-0.1, -0.05) is 6.92 Å². The third-order valence-corrected chi connectivity index (χ3v) is 4.07. The highest BCUT2D eigenvalue weighted by Gasteiger charge is 2.31. The van der Waals surface area contributed by atoms with Crippen LogP contribution in [-0.2, 0) is 0 Å². The monoisotopic (exact) mass is 283 g/mol. The smallest absolute Gasteiger partial charge is 0.182 e. The predicted octanol–water partition coefficient (Wildman–Crippen LogP) is 2.24. The summed E-state index contributed by atoms with van der Waals surface area (Å²) in [5, 5.41) is 9.86. The standard InChI is InChI=1S/C15H19F2NO2/c1-9-5-6-18(8-14(9)19)10(2)15(20)12-4-3-11(16)7-13(12)17/h3-4,7,9-10,14,19H,5-6,8H2,1-2H3. The van der Waals surface area contributed by atoms with Crippen molar-refractivity contribution in [2.75, 3.05) is 13.1 Å². The molecule has 0 bridgehead atoms. The Labute approximate surface area is 117 Å². The zero-order chi connectivity index (χ0) is 14.9. The molecule has 0 saturated carbocycles. The number of aliphatic hydroxyl groups is 1. The van der Waals surface area contributed by atoms with Crippen molar-refractivity contribution in [3.05, 3.63) is 35.4 Å². The van der Waals surface area contributed by atoms with Crippen LogP contribution in [0.1, 0.15) is 30.6 Å². The molecule has 110 valence electrons. The Morgan fingerprint density at radius 2 is 2.15 bits per heavy atom. The maximum atomic E-state index is 13.6. The highest BCUT2D eigenvalue weighted by atomic mass is 19.1. The number of hydrogen-bond donors (Lipinski definition) is 1. The van der Waals surface area contributed by atoms with Crippen molar-refractivity contribution in [3.8, 4) is 0 Å². The van der Waals surface area contributed by atoms with E-state index in [4.69, 9.17) is 0 Å². The number of piperidine rings is 1. The number of rotatable bonds is 3. The molecule has 1 aliphatic heterocycles. The van der Waals surface area contributed by atoms with Crippen LogP contribution in [0.25, 0.3) is 0 Å². The van der Waals surface area contributed by atoms with Gasteiger partial charge >= 0.3 is 0 Å². The van der Waals surface area contributed by atoms with Crippen molar-refractivity contribution in [1.82, 2.24) is 4.90 Å². The van der Waals surface area contributed by atoms with E-state index in [0.29, 0.717) is 19.2 Å². The molecule has 0 aromatic heterocycles. The second-order valence-corrected chi connectivity index (χ2v) is 5.49. The molecule has 5 heteroatoms. The van der Waals surface area contributed by atoms with Crippen LogP contribution in [0, 0.1) is 17.6 Å². The normalized spacial score (nSPS) is 25.4. The Hall–Kier alpha value is -1.33. The molecule has 1 saturated heterocycles. The highest BCUT2D eigenvalue weighted by Crippen LogP contribution is 2.21. The van der Waals surface area contributed by atoms with Crippen LogP contribution in [-0.4, -0.2) is 41.0 Å². The summed E-state index contributed by atoms with van der Waals surface area (Å²) >= 11 is 0. The maximum Gasteiger partial charge on any atom is 0.182 e. The number of ketones is 1. The molecule has 1 aromatic carbocycles. The molecule has 3 atom stereocenters. The SMILES string of the molecule is CC1CCN(C(C)C(=O)c2ccc(F)cc2F)CC1O. The zero-order valence-corrected chi connectivity index (χ0v) is 11.6. The quantitative estimate of drug-likeness (QED) is 0.865. The molecule has 3 unspecified atom stereocenters. The van der Waals surface area contributed by atoms with Crippen LogP contribution in [0.4, 0.5) is 8.78 Å². The number of aliphatic hydroxyl groups excluding tert-OH is 1. The van der Waals surface area contributed by atoms with Gasteiger partial charge in [0.2, 0.25) is 0 Å². The maximum absolute atomic E-state index is 13.6. The van der Waals surface area contributed by atoms with Crippen molar-refractivity contribution < 1.29 is 18.7 Å². The summed E-state index contributed by atoms with van der Waals surface area (Å²) in [6.45, 7) is 4.74. The van der Waals surface area contributed by atoms with Gasteiger partial charge in [0.05, 0.1) is 17.7 Å². The number of hydrogen-bond acceptors (Lipinski definition) is 3. The second kappa shape index (κ2) is 5.97. The lowest BCUT2D eigenvalue weighted by Crippen LogP contribution is -2.49. The minimum atomic E-state index is -0.840. The molecule has 1 aliphatic rings. The molecule has 3 nitrogen and oxygen atoms in total. The summed E-state index contributed by atoms with van der Waals surface area (Å²) in [7, 11) is 0. The summed E-state index contributed by atoms with van der Waals surface area (Å²) < 4.78 is 26.5. The lowest BCUT2D eigenvalue weighted by Gasteiger charge is -2.37. The summed E-state index contributed by atoms with van der Waals surface area (Å²) in [6, 6.07) is 2.44. The third-order valence-electron chi connectivity index (χ3n) is 4.07. The van der Waals surface area contributed by atoms with Crippen LogP contribution in [0.15, 0.2) is 18.2 Å². The Morgan fingerprint density at radius 1 is 1.45 bits per heavy atom. The summed E-state index contributed by atoms with van der Waals surface area (Å²) in [6.07, 6.45) is 0.321. The molecule has 0 radical (unpaired) electrons. The van der Waals surface area contributed by atoms with Gasteiger partial charge in [0.1, 0.15) is 11.6 Å². The van der Waals surface area contributed by atoms with E-state index in [2.05, 4.69) is 0 Å². The number of likely N-dealkylation sites (tertiary alicyclic amines) is 1. The molecule has 0 spiro atoms. The third kappa shape index (κ3) is 3.04. The first-order valence-corrected chi connectivity index (χ1v) is 6.81. The summed E-state index contributed by atoms with van der Waals surface area (Å²) in [4.78, 5) is 14.1. The molecule has 0 aliphatic carbocycles. The Bertz CT molecular complexity index is 507. The van der Waals surface area contributed by atoms with E-state index in [0.717, 1.165) is 12.5 Å². The van der Waals surface area contributed by atoms with Gasteiger partial charge in [-0.3, -0.25) is 9.69 Å². The number of β-amino-alcohol motifs (C(OH)–C–C–N with tert-alkyl or cyclic N) is 1. The Balaban J connectivity index is 2.12.